The SMILES string of the molecule is O=C1C=c2sc3ccccc3c2=CC1=O. The largest absolute Gasteiger partial charge is 0.286 e. The molecule has 0 aliphatic heterocycles. The summed E-state index contributed by atoms with van der Waals surface area (Å²) in [5.74, 6) is -0.847. The molecule has 1 aliphatic carbocycles. The number of hydrogen-bond donors (Lipinski definition) is 0. The highest BCUT2D eigenvalue weighted by Gasteiger charge is 2.14. The van der Waals surface area contributed by atoms with Crippen molar-refractivity contribution in [1.82, 2.24) is 0 Å². The Balaban J connectivity index is 2.59. The molecule has 0 fully saturated rings. The van der Waals surface area contributed by atoms with E-state index in [0.717, 1.165) is 19.8 Å². The average Bonchev–Trinajstić information content (AvgIpc) is 2.57. The van der Waals surface area contributed by atoms with Crippen LogP contribution in [0.1, 0.15) is 0 Å². The zero-order valence-electron chi connectivity index (χ0n) is 7.69. The maximum absolute atomic E-state index is 11.3. The standard InChI is InChI=1S/C12H6O2S/c13-9-5-8-7-3-1-2-4-11(7)15-12(8)6-10(9)14/h1-6H. The molecule has 72 valence electrons. The predicted octanol–water partition coefficient (Wildman–Crippen LogP) is 0.614. The first kappa shape index (κ1) is 8.56. The van der Waals surface area contributed by atoms with Gasteiger partial charge in [0, 0.05) is 25.9 Å². The molecule has 0 atom stereocenters. The molecule has 0 N–H and O–H groups in total. The van der Waals surface area contributed by atoms with E-state index in [4.69, 9.17) is 0 Å². The number of benzene rings is 1. The number of carbonyl (C=O) groups excluding carboxylic acids is 2. The van der Waals surface area contributed by atoms with Crippen molar-refractivity contribution in [2.45, 2.75) is 0 Å². The van der Waals surface area contributed by atoms with Crippen LogP contribution in [0.25, 0.3) is 22.2 Å². The van der Waals surface area contributed by atoms with E-state index < -0.39 is 11.6 Å². The second kappa shape index (κ2) is 2.87. The van der Waals surface area contributed by atoms with Crippen LogP contribution in [0.4, 0.5) is 0 Å². The van der Waals surface area contributed by atoms with E-state index >= 15 is 0 Å². The molecule has 1 heterocycles. The number of Topliss-reactive ketones (excluding diaryl/α,β-unsaturated/α-hetero) is 2. The maximum atomic E-state index is 11.3. The van der Waals surface area contributed by atoms with Crippen LogP contribution in [-0.4, -0.2) is 11.6 Å². The molecule has 0 amide bonds. The van der Waals surface area contributed by atoms with Gasteiger partial charge in [-0.2, -0.15) is 0 Å². The lowest BCUT2D eigenvalue weighted by atomic mass is 10.1. The van der Waals surface area contributed by atoms with E-state index in [0.29, 0.717) is 0 Å². The van der Waals surface area contributed by atoms with Gasteiger partial charge >= 0.3 is 0 Å². The Morgan fingerprint density at radius 3 is 2.53 bits per heavy atom. The molecule has 0 saturated heterocycles. The Hall–Kier alpha value is -1.74. The van der Waals surface area contributed by atoms with E-state index in [9.17, 15) is 9.59 Å². The lowest BCUT2D eigenvalue weighted by Gasteiger charge is -1.92. The molecule has 1 aliphatic rings. The van der Waals surface area contributed by atoms with Gasteiger partial charge in [0.25, 0.3) is 0 Å². The quantitative estimate of drug-likeness (QED) is 0.602. The summed E-state index contributed by atoms with van der Waals surface area (Å²) in [6.07, 6.45) is 2.87. The zero-order chi connectivity index (χ0) is 10.4. The van der Waals surface area contributed by atoms with Crippen LogP contribution in [0.3, 0.4) is 0 Å². The van der Waals surface area contributed by atoms with E-state index in [1.807, 2.05) is 24.3 Å². The van der Waals surface area contributed by atoms with E-state index in [-0.39, 0.29) is 0 Å². The normalized spacial score (nSPS) is 14.7. The molecule has 0 radical (unpaired) electrons. The van der Waals surface area contributed by atoms with Crippen LogP contribution in [0, 0.1) is 0 Å². The summed E-state index contributed by atoms with van der Waals surface area (Å²) in [7, 11) is 0. The second-order valence-corrected chi connectivity index (χ2v) is 4.48. The topological polar surface area (TPSA) is 34.1 Å². The fourth-order valence-corrected chi connectivity index (χ4v) is 2.85. The number of carbonyl (C=O) groups is 2. The highest BCUT2D eigenvalue weighted by molar-refractivity contribution is 7.17. The van der Waals surface area contributed by atoms with Crippen LogP contribution in [-0.2, 0) is 9.59 Å². The Labute approximate surface area is 89.2 Å². The number of rotatable bonds is 0. The number of fused-ring (bicyclic) bond motifs is 3. The Morgan fingerprint density at radius 2 is 1.67 bits per heavy atom. The Morgan fingerprint density at radius 1 is 0.933 bits per heavy atom. The summed E-state index contributed by atoms with van der Waals surface area (Å²) >= 11 is 1.55. The molecular formula is C12H6O2S. The van der Waals surface area contributed by atoms with Crippen LogP contribution in [0.5, 0.6) is 0 Å². The summed E-state index contributed by atoms with van der Waals surface area (Å²) < 4.78 is 2.00. The lowest BCUT2D eigenvalue weighted by molar-refractivity contribution is -0.129. The van der Waals surface area contributed by atoms with Gasteiger partial charge in [0.05, 0.1) is 0 Å². The molecule has 3 rings (SSSR count). The lowest BCUT2D eigenvalue weighted by Crippen LogP contribution is -2.29. The van der Waals surface area contributed by atoms with Crippen molar-refractivity contribution in [2.75, 3.05) is 0 Å². The molecular weight excluding hydrogens is 208 g/mol. The van der Waals surface area contributed by atoms with E-state index in [1.54, 1.807) is 11.3 Å². The first-order valence-electron chi connectivity index (χ1n) is 4.55. The van der Waals surface area contributed by atoms with Gasteiger partial charge in [-0.25, -0.2) is 0 Å². The van der Waals surface area contributed by atoms with Crippen LogP contribution >= 0.6 is 11.3 Å². The summed E-state index contributed by atoms with van der Waals surface area (Å²) in [4.78, 5) is 22.5. The third-order valence-electron chi connectivity index (χ3n) is 2.44. The summed E-state index contributed by atoms with van der Waals surface area (Å²) in [6.45, 7) is 0. The molecule has 0 unspecified atom stereocenters. The predicted molar refractivity (Wildman–Crippen MR) is 60.0 cm³/mol. The first-order valence-corrected chi connectivity index (χ1v) is 5.37. The molecule has 2 nitrogen and oxygen atoms in total. The summed E-state index contributed by atoms with van der Waals surface area (Å²) in [6, 6.07) is 7.85. The number of ketones is 2. The van der Waals surface area contributed by atoms with Crippen molar-refractivity contribution in [3.63, 3.8) is 0 Å². The third-order valence-corrected chi connectivity index (χ3v) is 3.58. The van der Waals surface area contributed by atoms with Gasteiger partial charge in [-0.1, -0.05) is 18.2 Å². The van der Waals surface area contributed by atoms with Crippen molar-refractivity contribution >= 4 is 45.1 Å². The highest BCUT2D eigenvalue weighted by atomic mass is 32.1. The van der Waals surface area contributed by atoms with Gasteiger partial charge in [0.2, 0.25) is 11.6 Å². The smallest absolute Gasteiger partial charge is 0.227 e. The van der Waals surface area contributed by atoms with Crippen LogP contribution in [0.2, 0.25) is 0 Å². The first-order chi connectivity index (χ1) is 7.25. The molecule has 1 aromatic heterocycles. The van der Waals surface area contributed by atoms with Crippen molar-refractivity contribution < 1.29 is 9.59 Å². The molecule has 3 heteroatoms. The zero-order valence-corrected chi connectivity index (χ0v) is 8.51. The number of hydrogen-bond acceptors (Lipinski definition) is 3. The highest BCUT2D eigenvalue weighted by Crippen LogP contribution is 2.12. The molecule has 0 bridgehead atoms. The van der Waals surface area contributed by atoms with Crippen molar-refractivity contribution in [3.05, 3.63) is 34.0 Å². The van der Waals surface area contributed by atoms with Crippen LogP contribution < -0.4 is 9.75 Å². The van der Waals surface area contributed by atoms with Gasteiger partial charge in [-0.05, 0) is 12.1 Å². The van der Waals surface area contributed by atoms with Gasteiger partial charge in [-0.3, -0.25) is 9.59 Å². The minimum Gasteiger partial charge on any atom is -0.286 e. The maximum Gasteiger partial charge on any atom is 0.227 e. The second-order valence-electron chi connectivity index (χ2n) is 3.39. The molecule has 15 heavy (non-hydrogen) atoms. The number of thiophene rings is 1. The van der Waals surface area contributed by atoms with Crippen molar-refractivity contribution in [2.24, 2.45) is 0 Å². The van der Waals surface area contributed by atoms with Crippen molar-refractivity contribution in [3.8, 4) is 0 Å². The fourth-order valence-electron chi connectivity index (χ4n) is 1.73. The van der Waals surface area contributed by atoms with Gasteiger partial charge in [-0.15, -0.1) is 11.3 Å². The third kappa shape index (κ3) is 1.17. The van der Waals surface area contributed by atoms with Gasteiger partial charge in [0.1, 0.15) is 0 Å². The summed E-state index contributed by atoms with van der Waals surface area (Å²) in [5.41, 5.74) is 0. The average molecular weight is 214 g/mol. The van der Waals surface area contributed by atoms with Gasteiger partial charge < -0.3 is 0 Å². The Kier molecular flexibility index (Phi) is 1.64. The Bertz CT molecular complexity index is 707. The van der Waals surface area contributed by atoms with Crippen LogP contribution in [0.15, 0.2) is 24.3 Å². The van der Waals surface area contributed by atoms with E-state index in [2.05, 4.69) is 0 Å². The van der Waals surface area contributed by atoms with E-state index in [1.165, 1.54) is 12.2 Å². The monoisotopic (exact) mass is 214 g/mol. The molecule has 0 saturated carbocycles. The fraction of sp³-hybridized carbons (Fsp3) is 0. The molecule has 2 aromatic rings. The molecule has 0 spiro atoms. The summed E-state index contributed by atoms with van der Waals surface area (Å²) in [5, 5.41) is 1.94. The van der Waals surface area contributed by atoms with Crippen molar-refractivity contribution in [1.29, 1.82) is 0 Å². The minimum atomic E-state index is -0.425. The molecule has 1 aromatic carbocycles. The minimum absolute atomic E-state index is 0.422. The van der Waals surface area contributed by atoms with Gasteiger partial charge in [0.15, 0.2) is 0 Å².